The molecule has 0 unspecified atom stereocenters. The third-order valence-corrected chi connectivity index (χ3v) is 4.96. The Labute approximate surface area is 161 Å². The van der Waals surface area contributed by atoms with Crippen LogP contribution in [0.15, 0.2) is 58.7 Å². The van der Waals surface area contributed by atoms with Crippen LogP contribution < -0.4 is 10.9 Å². The van der Waals surface area contributed by atoms with Crippen LogP contribution in [-0.4, -0.2) is 15.3 Å². The van der Waals surface area contributed by atoms with Crippen LogP contribution in [0, 0.1) is 18.6 Å². The second-order valence-corrected chi connectivity index (χ2v) is 6.94. The smallest absolute Gasteiger partial charge is 0.261 e. The molecule has 0 bridgehead atoms. The lowest BCUT2D eigenvalue weighted by Crippen LogP contribution is -2.16. The Morgan fingerprint density at radius 3 is 2.57 bits per heavy atom. The van der Waals surface area contributed by atoms with Crippen molar-refractivity contribution in [2.45, 2.75) is 6.92 Å². The zero-order valence-electron chi connectivity index (χ0n) is 14.6. The zero-order valence-corrected chi connectivity index (χ0v) is 15.4. The molecule has 0 aliphatic carbocycles. The number of carbonyl (C=O) groups is 1. The fraction of sp³-hybridized carbons (Fsp3) is 0.0500. The molecule has 2 aromatic heterocycles. The highest BCUT2D eigenvalue weighted by atomic mass is 32.1. The normalized spacial score (nSPS) is 11.0. The first-order valence-corrected chi connectivity index (χ1v) is 9.16. The number of nitrogens with one attached hydrogen (secondary N) is 1. The molecule has 0 spiro atoms. The zero-order chi connectivity index (χ0) is 19.8. The van der Waals surface area contributed by atoms with E-state index in [9.17, 15) is 18.4 Å². The van der Waals surface area contributed by atoms with Crippen molar-refractivity contribution in [1.29, 1.82) is 0 Å². The summed E-state index contributed by atoms with van der Waals surface area (Å²) in [5.41, 5.74) is 1.40. The number of aromatic nitrogens is 2. The van der Waals surface area contributed by atoms with Crippen LogP contribution in [0.4, 0.5) is 14.5 Å². The van der Waals surface area contributed by atoms with Gasteiger partial charge in [0.15, 0.2) is 4.96 Å². The first kappa shape index (κ1) is 18.0. The van der Waals surface area contributed by atoms with Crippen molar-refractivity contribution >= 4 is 27.9 Å². The third kappa shape index (κ3) is 3.18. The van der Waals surface area contributed by atoms with Crippen molar-refractivity contribution < 1.29 is 13.6 Å². The van der Waals surface area contributed by atoms with Crippen LogP contribution >= 0.6 is 11.3 Å². The maximum atomic E-state index is 13.8. The number of fused-ring (bicyclic) bond motifs is 1. The monoisotopic (exact) mass is 397 g/mol. The molecule has 4 aromatic rings. The largest absolute Gasteiger partial charge is 0.322 e. The fourth-order valence-electron chi connectivity index (χ4n) is 2.89. The van der Waals surface area contributed by atoms with Crippen molar-refractivity contribution in [1.82, 2.24) is 9.38 Å². The van der Waals surface area contributed by atoms with E-state index in [-0.39, 0.29) is 5.56 Å². The number of halogens is 2. The molecular weight excluding hydrogens is 384 g/mol. The first-order valence-electron chi connectivity index (χ1n) is 8.28. The molecule has 5 nitrogen and oxygen atoms in total. The van der Waals surface area contributed by atoms with Gasteiger partial charge in [-0.3, -0.25) is 14.0 Å². The van der Waals surface area contributed by atoms with Gasteiger partial charge in [0.25, 0.3) is 11.5 Å². The SMILES string of the molecule is Cc1cc(=O)n2c(-c3cccc(NC(=O)c4c(F)cccc4F)c3)csc2n1. The molecule has 0 atom stereocenters. The molecular formula is C20H13F2N3O2S. The number of aryl methyl sites for hydroxylation is 1. The third-order valence-electron chi connectivity index (χ3n) is 4.14. The summed E-state index contributed by atoms with van der Waals surface area (Å²) in [5.74, 6) is -2.77. The average molecular weight is 397 g/mol. The molecule has 0 radical (unpaired) electrons. The van der Waals surface area contributed by atoms with Crippen LogP contribution in [-0.2, 0) is 0 Å². The summed E-state index contributed by atoms with van der Waals surface area (Å²) in [6, 6.07) is 11.4. The number of nitrogens with zero attached hydrogens (tertiary/aromatic N) is 2. The Kier molecular flexibility index (Phi) is 4.48. The summed E-state index contributed by atoms with van der Waals surface area (Å²) >= 11 is 1.32. The molecule has 0 aliphatic rings. The lowest BCUT2D eigenvalue weighted by atomic mass is 10.1. The lowest BCUT2D eigenvalue weighted by Gasteiger charge is -2.09. The highest BCUT2D eigenvalue weighted by molar-refractivity contribution is 7.15. The van der Waals surface area contributed by atoms with E-state index < -0.39 is 23.1 Å². The van der Waals surface area contributed by atoms with E-state index in [1.807, 2.05) is 0 Å². The van der Waals surface area contributed by atoms with Crippen molar-refractivity contribution in [2.24, 2.45) is 0 Å². The molecule has 140 valence electrons. The van der Waals surface area contributed by atoms with Gasteiger partial charge in [-0.2, -0.15) is 0 Å². The van der Waals surface area contributed by atoms with Gasteiger partial charge in [-0.1, -0.05) is 18.2 Å². The molecule has 0 aliphatic heterocycles. The van der Waals surface area contributed by atoms with Crippen LogP contribution in [0.25, 0.3) is 16.2 Å². The highest BCUT2D eigenvalue weighted by Crippen LogP contribution is 2.26. The number of thiazole rings is 1. The predicted molar refractivity (Wildman–Crippen MR) is 104 cm³/mol. The summed E-state index contributed by atoms with van der Waals surface area (Å²) < 4.78 is 29.1. The van der Waals surface area contributed by atoms with Gasteiger partial charge in [-0.05, 0) is 31.2 Å². The predicted octanol–water partition coefficient (Wildman–Crippen LogP) is 4.26. The van der Waals surface area contributed by atoms with Crippen molar-refractivity contribution in [3.63, 3.8) is 0 Å². The van der Waals surface area contributed by atoms with Gasteiger partial charge in [0.05, 0.1) is 5.69 Å². The Hall–Kier alpha value is -3.39. The van der Waals surface area contributed by atoms with E-state index in [2.05, 4.69) is 10.3 Å². The number of rotatable bonds is 3. The Bertz CT molecular complexity index is 1260. The first-order chi connectivity index (χ1) is 13.4. The summed E-state index contributed by atoms with van der Waals surface area (Å²) in [7, 11) is 0. The summed E-state index contributed by atoms with van der Waals surface area (Å²) in [6.07, 6.45) is 0. The van der Waals surface area contributed by atoms with Gasteiger partial charge in [0, 0.05) is 28.4 Å². The van der Waals surface area contributed by atoms with Gasteiger partial charge in [-0.25, -0.2) is 13.8 Å². The molecule has 4 rings (SSSR count). The maximum Gasteiger partial charge on any atom is 0.261 e. The van der Waals surface area contributed by atoms with Crippen molar-refractivity contribution in [3.05, 3.63) is 87.2 Å². The molecule has 2 heterocycles. The Morgan fingerprint density at radius 2 is 1.82 bits per heavy atom. The molecule has 2 aromatic carbocycles. The number of carbonyl (C=O) groups excluding carboxylic acids is 1. The van der Waals surface area contributed by atoms with Gasteiger partial charge in [0.2, 0.25) is 0 Å². The van der Waals surface area contributed by atoms with Gasteiger partial charge in [0.1, 0.15) is 17.2 Å². The highest BCUT2D eigenvalue weighted by Gasteiger charge is 2.17. The van der Waals surface area contributed by atoms with Gasteiger partial charge in [-0.15, -0.1) is 11.3 Å². The summed E-state index contributed by atoms with van der Waals surface area (Å²) in [6.45, 7) is 1.75. The maximum absolute atomic E-state index is 13.8. The Balaban J connectivity index is 1.72. The van der Waals surface area contributed by atoms with Crippen LogP contribution in [0.5, 0.6) is 0 Å². The van der Waals surface area contributed by atoms with E-state index in [0.29, 0.717) is 27.6 Å². The van der Waals surface area contributed by atoms with E-state index in [0.717, 1.165) is 12.1 Å². The number of hydrogen-bond acceptors (Lipinski definition) is 4. The summed E-state index contributed by atoms with van der Waals surface area (Å²) in [5, 5.41) is 4.29. The Morgan fingerprint density at radius 1 is 1.11 bits per heavy atom. The molecule has 1 amide bonds. The minimum absolute atomic E-state index is 0.207. The quantitative estimate of drug-likeness (QED) is 0.562. The van der Waals surface area contributed by atoms with Crippen LogP contribution in [0.3, 0.4) is 0 Å². The number of hydrogen-bond donors (Lipinski definition) is 1. The van der Waals surface area contributed by atoms with Crippen molar-refractivity contribution in [3.8, 4) is 11.3 Å². The number of anilines is 1. The van der Waals surface area contributed by atoms with E-state index in [4.69, 9.17) is 0 Å². The second kappa shape index (κ2) is 6.97. The van der Waals surface area contributed by atoms with Gasteiger partial charge >= 0.3 is 0 Å². The second-order valence-electron chi connectivity index (χ2n) is 6.11. The topological polar surface area (TPSA) is 63.5 Å². The van der Waals surface area contributed by atoms with Crippen LogP contribution in [0.1, 0.15) is 16.1 Å². The number of amides is 1. The standard InChI is InChI=1S/C20H13F2N3O2S/c1-11-8-17(26)25-16(10-28-20(25)23-11)12-4-2-5-13(9-12)24-19(27)18-14(21)6-3-7-15(18)22/h2-10H,1H3,(H,24,27). The minimum atomic E-state index is -0.939. The molecule has 0 saturated heterocycles. The molecule has 0 saturated carbocycles. The molecule has 28 heavy (non-hydrogen) atoms. The number of benzene rings is 2. The summed E-state index contributed by atoms with van der Waals surface area (Å²) in [4.78, 5) is 29.6. The lowest BCUT2D eigenvalue weighted by molar-refractivity contribution is 0.101. The molecule has 0 fully saturated rings. The average Bonchev–Trinajstić information content (AvgIpc) is 3.06. The van der Waals surface area contributed by atoms with Crippen molar-refractivity contribution in [2.75, 3.05) is 5.32 Å². The fourth-order valence-corrected chi connectivity index (χ4v) is 3.84. The minimum Gasteiger partial charge on any atom is -0.322 e. The van der Waals surface area contributed by atoms with E-state index >= 15 is 0 Å². The van der Waals surface area contributed by atoms with E-state index in [1.165, 1.54) is 27.9 Å². The molecule has 1 N–H and O–H groups in total. The molecule has 8 heteroatoms. The van der Waals surface area contributed by atoms with Gasteiger partial charge < -0.3 is 5.32 Å². The van der Waals surface area contributed by atoms with E-state index in [1.54, 1.807) is 36.6 Å². The van der Waals surface area contributed by atoms with Crippen LogP contribution in [0.2, 0.25) is 0 Å².